The molecule has 3 aromatic rings. The van der Waals surface area contributed by atoms with Gasteiger partial charge in [-0.25, -0.2) is 4.98 Å². The van der Waals surface area contributed by atoms with Crippen molar-refractivity contribution >= 4 is 26.7 Å². The van der Waals surface area contributed by atoms with E-state index in [9.17, 15) is 0 Å². The third-order valence-corrected chi connectivity index (χ3v) is 4.21. The summed E-state index contributed by atoms with van der Waals surface area (Å²) in [6, 6.07) is 8.03. The Bertz CT molecular complexity index is 754. The van der Waals surface area contributed by atoms with Gasteiger partial charge in [0.15, 0.2) is 5.13 Å². The molecule has 0 saturated carbocycles. The number of fused-ring (bicyclic) bond motifs is 1. The Labute approximate surface area is 127 Å². The topological polar surface area (TPSA) is 47.0 Å². The van der Waals surface area contributed by atoms with Crippen molar-refractivity contribution in [3.8, 4) is 5.75 Å². The van der Waals surface area contributed by atoms with Crippen LogP contribution in [0, 0.1) is 6.92 Å². The molecule has 0 atom stereocenters. The van der Waals surface area contributed by atoms with Gasteiger partial charge in [-0.05, 0) is 49.2 Å². The van der Waals surface area contributed by atoms with Gasteiger partial charge in [0.2, 0.25) is 0 Å². The zero-order valence-corrected chi connectivity index (χ0v) is 12.9. The van der Waals surface area contributed by atoms with E-state index in [0.717, 1.165) is 27.6 Å². The predicted octanol–water partition coefficient (Wildman–Crippen LogP) is 4.01. The first-order valence-corrected chi connectivity index (χ1v) is 7.74. The molecule has 0 aliphatic heterocycles. The summed E-state index contributed by atoms with van der Waals surface area (Å²) < 4.78 is 6.65. The predicted molar refractivity (Wildman–Crippen MR) is 87.1 cm³/mol. The molecule has 3 rings (SSSR count). The monoisotopic (exact) mass is 299 g/mol. The molecule has 0 bridgehead atoms. The van der Waals surface area contributed by atoms with Crippen LogP contribution in [0.2, 0.25) is 0 Å². The molecule has 0 aliphatic rings. The number of rotatable bonds is 5. The van der Waals surface area contributed by atoms with Gasteiger partial charge < -0.3 is 10.1 Å². The van der Waals surface area contributed by atoms with Crippen molar-refractivity contribution in [3.05, 3.63) is 47.8 Å². The average Bonchev–Trinajstić information content (AvgIpc) is 2.89. The highest BCUT2D eigenvalue weighted by molar-refractivity contribution is 7.22. The Morgan fingerprint density at radius 3 is 3.00 bits per heavy atom. The molecule has 108 valence electrons. The molecule has 1 aromatic carbocycles. The summed E-state index contributed by atoms with van der Waals surface area (Å²) in [5.74, 6) is 0.894. The highest BCUT2D eigenvalue weighted by atomic mass is 32.1. The highest BCUT2D eigenvalue weighted by Gasteiger charge is 2.06. The summed E-state index contributed by atoms with van der Waals surface area (Å²) in [5.41, 5.74) is 3.42. The lowest BCUT2D eigenvalue weighted by Gasteiger charge is -2.05. The molecule has 2 aromatic heterocycles. The summed E-state index contributed by atoms with van der Waals surface area (Å²) in [7, 11) is 0. The molecule has 21 heavy (non-hydrogen) atoms. The lowest BCUT2D eigenvalue weighted by Crippen LogP contribution is -2.00. The first kappa shape index (κ1) is 13.8. The van der Waals surface area contributed by atoms with Crippen molar-refractivity contribution in [2.24, 2.45) is 0 Å². The van der Waals surface area contributed by atoms with Crippen LogP contribution < -0.4 is 10.1 Å². The van der Waals surface area contributed by atoms with E-state index in [4.69, 9.17) is 4.74 Å². The van der Waals surface area contributed by atoms with Crippen LogP contribution in [0.4, 0.5) is 5.13 Å². The van der Waals surface area contributed by atoms with Crippen molar-refractivity contribution in [2.75, 3.05) is 11.9 Å². The lowest BCUT2D eigenvalue weighted by molar-refractivity contribution is 0.341. The zero-order valence-electron chi connectivity index (χ0n) is 12.1. The van der Waals surface area contributed by atoms with Crippen LogP contribution in [-0.2, 0) is 6.54 Å². The molecule has 0 amide bonds. The minimum atomic E-state index is 0.677. The van der Waals surface area contributed by atoms with Crippen molar-refractivity contribution in [3.63, 3.8) is 0 Å². The highest BCUT2D eigenvalue weighted by Crippen LogP contribution is 2.29. The second-order valence-corrected chi connectivity index (χ2v) is 5.77. The fourth-order valence-corrected chi connectivity index (χ4v) is 3.00. The van der Waals surface area contributed by atoms with Crippen LogP contribution in [-0.4, -0.2) is 16.6 Å². The van der Waals surface area contributed by atoms with Crippen LogP contribution in [0.1, 0.15) is 18.1 Å². The maximum atomic E-state index is 5.52. The van der Waals surface area contributed by atoms with Crippen LogP contribution in [0.25, 0.3) is 10.2 Å². The minimum absolute atomic E-state index is 0.677. The van der Waals surface area contributed by atoms with Gasteiger partial charge in [0.05, 0.1) is 16.8 Å². The Hall–Kier alpha value is -2.14. The second kappa shape index (κ2) is 6.10. The quantitative estimate of drug-likeness (QED) is 0.773. The van der Waals surface area contributed by atoms with E-state index in [1.54, 1.807) is 11.3 Å². The van der Waals surface area contributed by atoms with E-state index in [1.807, 2.05) is 43.6 Å². The van der Waals surface area contributed by atoms with Gasteiger partial charge in [-0.3, -0.25) is 4.98 Å². The first-order valence-electron chi connectivity index (χ1n) is 6.93. The number of nitrogens with one attached hydrogen (secondary N) is 1. The van der Waals surface area contributed by atoms with Gasteiger partial charge in [-0.15, -0.1) is 0 Å². The number of nitrogens with zero attached hydrogens (tertiary/aromatic N) is 2. The van der Waals surface area contributed by atoms with Crippen LogP contribution in [0.5, 0.6) is 5.75 Å². The lowest BCUT2D eigenvalue weighted by atomic mass is 10.2. The standard InChI is InChI=1S/C16H17N3OS/c1-3-20-13-4-5-14-15(8-13)21-16(19-14)18-10-12-6-7-17-9-11(12)2/h4-9H,3,10H2,1-2H3,(H,18,19). The van der Waals surface area contributed by atoms with E-state index < -0.39 is 0 Å². The van der Waals surface area contributed by atoms with Crippen molar-refractivity contribution < 1.29 is 4.74 Å². The van der Waals surface area contributed by atoms with E-state index in [2.05, 4.69) is 22.2 Å². The molecule has 1 N–H and O–H groups in total. The molecule has 0 saturated heterocycles. The normalized spacial score (nSPS) is 10.8. The number of aryl methyl sites for hydroxylation is 1. The molecule has 2 heterocycles. The Morgan fingerprint density at radius 2 is 2.19 bits per heavy atom. The Balaban J connectivity index is 1.77. The number of pyridine rings is 1. The number of hydrogen-bond acceptors (Lipinski definition) is 5. The number of anilines is 1. The third-order valence-electron chi connectivity index (χ3n) is 3.24. The van der Waals surface area contributed by atoms with Crippen LogP contribution in [0.15, 0.2) is 36.7 Å². The Morgan fingerprint density at radius 1 is 1.29 bits per heavy atom. The molecular formula is C16H17N3OS. The summed E-state index contributed by atoms with van der Waals surface area (Å²) in [5, 5.41) is 4.31. The number of ether oxygens (including phenoxy) is 1. The van der Waals surface area contributed by atoms with Crippen molar-refractivity contribution in [1.29, 1.82) is 0 Å². The zero-order chi connectivity index (χ0) is 14.7. The van der Waals surface area contributed by atoms with E-state index in [1.165, 1.54) is 11.1 Å². The van der Waals surface area contributed by atoms with E-state index >= 15 is 0 Å². The number of benzene rings is 1. The van der Waals surface area contributed by atoms with Crippen molar-refractivity contribution in [2.45, 2.75) is 20.4 Å². The van der Waals surface area contributed by atoms with Crippen LogP contribution >= 0.6 is 11.3 Å². The van der Waals surface area contributed by atoms with Gasteiger partial charge in [0, 0.05) is 18.9 Å². The number of hydrogen-bond donors (Lipinski definition) is 1. The van der Waals surface area contributed by atoms with Gasteiger partial charge in [-0.2, -0.15) is 0 Å². The smallest absolute Gasteiger partial charge is 0.184 e. The summed E-state index contributed by atoms with van der Waals surface area (Å²) >= 11 is 1.64. The van der Waals surface area contributed by atoms with Gasteiger partial charge in [0.25, 0.3) is 0 Å². The van der Waals surface area contributed by atoms with Gasteiger partial charge in [0.1, 0.15) is 5.75 Å². The largest absolute Gasteiger partial charge is 0.494 e. The average molecular weight is 299 g/mol. The third kappa shape index (κ3) is 3.13. The fraction of sp³-hybridized carbons (Fsp3) is 0.250. The Kier molecular flexibility index (Phi) is 4.01. The van der Waals surface area contributed by atoms with Gasteiger partial charge >= 0.3 is 0 Å². The fourth-order valence-electron chi connectivity index (χ4n) is 2.11. The molecule has 0 spiro atoms. The number of thiazole rings is 1. The second-order valence-electron chi connectivity index (χ2n) is 4.74. The first-order chi connectivity index (χ1) is 10.3. The summed E-state index contributed by atoms with van der Waals surface area (Å²) in [4.78, 5) is 8.70. The van der Waals surface area contributed by atoms with Crippen molar-refractivity contribution in [1.82, 2.24) is 9.97 Å². The molecule has 0 aliphatic carbocycles. The number of aromatic nitrogens is 2. The van der Waals surface area contributed by atoms with Crippen LogP contribution in [0.3, 0.4) is 0 Å². The molecular weight excluding hydrogens is 282 g/mol. The van der Waals surface area contributed by atoms with E-state index in [-0.39, 0.29) is 0 Å². The van der Waals surface area contributed by atoms with E-state index in [0.29, 0.717) is 6.61 Å². The maximum Gasteiger partial charge on any atom is 0.184 e. The molecule has 0 radical (unpaired) electrons. The summed E-state index contributed by atoms with van der Waals surface area (Å²) in [6.07, 6.45) is 3.69. The minimum Gasteiger partial charge on any atom is -0.494 e. The molecule has 5 heteroatoms. The molecule has 4 nitrogen and oxygen atoms in total. The molecule has 0 unspecified atom stereocenters. The molecule has 0 fully saturated rings. The van der Waals surface area contributed by atoms with Gasteiger partial charge in [-0.1, -0.05) is 11.3 Å². The SMILES string of the molecule is CCOc1ccc2nc(NCc3ccncc3C)sc2c1. The summed E-state index contributed by atoms with van der Waals surface area (Å²) in [6.45, 7) is 5.49. The maximum absolute atomic E-state index is 5.52.